The molecule has 0 saturated heterocycles. The van der Waals surface area contributed by atoms with Crippen LogP contribution in [-0.2, 0) is 22.9 Å². The van der Waals surface area contributed by atoms with Gasteiger partial charge in [0, 0.05) is 0 Å². The van der Waals surface area contributed by atoms with Crippen molar-refractivity contribution in [2.45, 2.75) is 65.2 Å². The average Bonchev–Trinajstić information content (AvgIpc) is 3.04. The molecule has 0 bridgehead atoms. The normalized spacial score (nSPS) is 16.3. The van der Waals surface area contributed by atoms with E-state index in [1.165, 1.54) is 51.4 Å². The number of hydrogen-bond acceptors (Lipinski definition) is 0. The number of halogens is 2. The fraction of sp³-hybridized carbons (Fsp3) is 0.556. The summed E-state index contributed by atoms with van der Waals surface area (Å²) in [6, 6.07) is 0. The molecule has 0 aromatic carbocycles. The van der Waals surface area contributed by atoms with Crippen molar-refractivity contribution >= 4 is 24.8 Å². The Morgan fingerprint density at radius 1 is 0.810 bits per heavy atom. The van der Waals surface area contributed by atoms with Gasteiger partial charge in [0.05, 0.1) is 0 Å². The minimum Gasteiger partial charge on any atom is -0.147 e. The number of unbranched alkanes of at least 4 members (excludes halogenated alkanes) is 2. The van der Waals surface area contributed by atoms with E-state index in [0.29, 0.717) is 0 Å². The van der Waals surface area contributed by atoms with E-state index < -0.39 is 22.9 Å². The van der Waals surface area contributed by atoms with Gasteiger partial charge in [-0.1, -0.05) is 0 Å². The maximum atomic E-state index is 2.42. The molecule has 0 nitrogen and oxygen atoms in total. The Hall–Kier alpha value is 0.410. The van der Waals surface area contributed by atoms with Crippen molar-refractivity contribution in [2.75, 3.05) is 0 Å². The van der Waals surface area contributed by atoms with Gasteiger partial charge in [-0.3, -0.25) is 0 Å². The molecule has 0 aliphatic heterocycles. The summed E-state index contributed by atoms with van der Waals surface area (Å²) >= 11 is -0.707. The molecule has 2 aliphatic rings. The van der Waals surface area contributed by atoms with Crippen molar-refractivity contribution in [3.63, 3.8) is 0 Å². The summed E-state index contributed by atoms with van der Waals surface area (Å²) in [5.41, 5.74) is 3.44. The van der Waals surface area contributed by atoms with Crippen LogP contribution in [0.4, 0.5) is 0 Å². The maximum Gasteiger partial charge on any atom is -0.147 e. The number of hydrogen-bond donors (Lipinski definition) is 0. The van der Waals surface area contributed by atoms with Crippen molar-refractivity contribution in [1.29, 1.82) is 0 Å². The van der Waals surface area contributed by atoms with Gasteiger partial charge in [0.25, 0.3) is 0 Å². The van der Waals surface area contributed by atoms with Gasteiger partial charge in [-0.05, 0) is 0 Å². The molecule has 21 heavy (non-hydrogen) atoms. The zero-order chi connectivity index (χ0) is 13.5. The third-order valence-corrected chi connectivity index (χ3v) is 9.90. The van der Waals surface area contributed by atoms with Gasteiger partial charge in [-0.15, -0.1) is 24.8 Å². The van der Waals surface area contributed by atoms with Gasteiger partial charge in [-0.2, -0.15) is 0 Å². The van der Waals surface area contributed by atoms with Gasteiger partial charge in [0.2, 0.25) is 0 Å². The van der Waals surface area contributed by atoms with Gasteiger partial charge in [0.1, 0.15) is 0 Å². The smallest absolute Gasteiger partial charge is 0.147 e. The summed E-state index contributed by atoms with van der Waals surface area (Å²) in [6.45, 7) is 4.60. The second-order valence-electron chi connectivity index (χ2n) is 5.55. The molecule has 0 amide bonds. The Labute approximate surface area is 154 Å². The minimum atomic E-state index is -0.707. The van der Waals surface area contributed by atoms with Gasteiger partial charge < -0.3 is 0 Å². The molecule has 0 fully saturated rings. The average molecular weight is 494 g/mol. The SMILES string of the molecule is CCCCC1=[C]([Hf][C]2=C(CCCC)C=CC2)CC=C1.Cl.Cl. The molecule has 0 radical (unpaired) electrons. The Kier molecular flexibility index (Phi) is 12.1. The molecule has 118 valence electrons. The van der Waals surface area contributed by atoms with Crippen LogP contribution in [0.1, 0.15) is 65.2 Å². The zero-order valence-corrected chi connectivity index (χ0v) is 18.5. The van der Waals surface area contributed by atoms with Crippen LogP contribution in [0, 0.1) is 0 Å². The molecule has 0 spiro atoms. The third-order valence-electron chi connectivity index (χ3n) is 3.96. The molecule has 3 heteroatoms. The number of rotatable bonds is 8. The van der Waals surface area contributed by atoms with E-state index in [9.17, 15) is 0 Å². The first-order chi connectivity index (χ1) is 9.35. The first kappa shape index (κ1) is 21.4. The summed E-state index contributed by atoms with van der Waals surface area (Å²) in [5, 5.41) is 0. The molecular weight excluding hydrogens is 466 g/mol. The molecular formula is C18H28Cl2Hf. The summed E-state index contributed by atoms with van der Waals surface area (Å²) in [6.07, 6.45) is 20.3. The summed E-state index contributed by atoms with van der Waals surface area (Å²) in [4.78, 5) is 0. The van der Waals surface area contributed by atoms with E-state index in [0.717, 1.165) is 0 Å². The molecule has 0 heterocycles. The molecule has 0 aromatic rings. The van der Waals surface area contributed by atoms with E-state index in [1.807, 2.05) is 6.66 Å². The fourth-order valence-electron chi connectivity index (χ4n) is 2.75. The van der Waals surface area contributed by atoms with E-state index >= 15 is 0 Å². The Balaban J connectivity index is 0.00000200. The first-order valence-electron chi connectivity index (χ1n) is 7.89. The van der Waals surface area contributed by atoms with E-state index in [2.05, 4.69) is 38.2 Å². The van der Waals surface area contributed by atoms with Crippen molar-refractivity contribution in [3.05, 3.63) is 42.1 Å². The second kappa shape index (κ2) is 11.9. The summed E-state index contributed by atoms with van der Waals surface area (Å²) in [5.74, 6) is 0. The van der Waals surface area contributed by atoms with Crippen LogP contribution >= 0.6 is 24.8 Å². The summed E-state index contributed by atoms with van der Waals surface area (Å²) in [7, 11) is 0. The van der Waals surface area contributed by atoms with Crippen LogP contribution in [-0.4, -0.2) is 0 Å². The molecule has 2 rings (SSSR count). The molecule has 2 aliphatic carbocycles. The van der Waals surface area contributed by atoms with Crippen LogP contribution in [0.2, 0.25) is 0 Å². The van der Waals surface area contributed by atoms with E-state index in [4.69, 9.17) is 0 Å². The van der Waals surface area contributed by atoms with Gasteiger partial charge in [-0.25, -0.2) is 0 Å². The number of allylic oxidation sites excluding steroid dienone is 8. The second-order valence-corrected chi connectivity index (χ2v) is 10.8. The Bertz CT molecular complexity index is 390. The van der Waals surface area contributed by atoms with Gasteiger partial charge in [0.15, 0.2) is 0 Å². The van der Waals surface area contributed by atoms with Crippen LogP contribution in [0.25, 0.3) is 0 Å². The van der Waals surface area contributed by atoms with Crippen LogP contribution in [0.3, 0.4) is 0 Å². The van der Waals surface area contributed by atoms with E-state index in [1.54, 1.807) is 11.1 Å². The van der Waals surface area contributed by atoms with Gasteiger partial charge >= 0.3 is 130 Å². The van der Waals surface area contributed by atoms with Crippen LogP contribution in [0.15, 0.2) is 42.1 Å². The maximum absolute atomic E-state index is 2.42. The minimum absolute atomic E-state index is 0. The molecule has 0 unspecified atom stereocenters. The molecule has 0 saturated carbocycles. The van der Waals surface area contributed by atoms with Crippen molar-refractivity contribution in [1.82, 2.24) is 0 Å². The predicted molar refractivity (Wildman–Crippen MR) is 95.1 cm³/mol. The molecule has 0 aromatic heterocycles. The largest absolute Gasteiger partial charge is 0.147 e. The molecule has 0 atom stereocenters. The first-order valence-corrected chi connectivity index (χ1v) is 11.5. The Morgan fingerprint density at radius 3 is 1.62 bits per heavy atom. The summed E-state index contributed by atoms with van der Waals surface area (Å²) < 4.78 is 3.78. The third kappa shape index (κ3) is 6.59. The molecule has 0 N–H and O–H groups in total. The van der Waals surface area contributed by atoms with Crippen molar-refractivity contribution < 1.29 is 22.9 Å². The zero-order valence-electron chi connectivity index (χ0n) is 13.3. The monoisotopic (exact) mass is 494 g/mol. The van der Waals surface area contributed by atoms with E-state index in [-0.39, 0.29) is 24.8 Å². The fourth-order valence-corrected chi connectivity index (χ4v) is 8.29. The van der Waals surface area contributed by atoms with Crippen molar-refractivity contribution in [3.8, 4) is 0 Å². The quantitative estimate of drug-likeness (QED) is 0.329. The van der Waals surface area contributed by atoms with Crippen molar-refractivity contribution in [2.24, 2.45) is 0 Å². The van der Waals surface area contributed by atoms with Crippen LogP contribution < -0.4 is 0 Å². The standard InChI is InChI=1S/2C9H13.2ClH.Hf/c2*1-2-3-6-9-7-4-5-8-9;;;/h2*4,7H,2-3,5-6H2,1H3;2*1H;. The topological polar surface area (TPSA) is 0 Å². The van der Waals surface area contributed by atoms with Crippen LogP contribution in [0.5, 0.6) is 0 Å². The predicted octanol–water partition coefficient (Wildman–Crippen LogP) is 6.72. The Morgan fingerprint density at radius 2 is 1.24 bits per heavy atom.